The number of amides is 1. The van der Waals surface area contributed by atoms with E-state index in [9.17, 15) is 14.7 Å². The predicted molar refractivity (Wildman–Crippen MR) is 132 cm³/mol. The van der Waals surface area contributed by atoms with E-state index < -0.39 is 6.10 Å². The Bertz CT molecular complexity index is 1000. The largest absolute Gasteiger partial charge is 0.457 e. The number of hydrogen-bond donors (Lipinski definition) is 1. The van der Waals surface area contributed by atoms with Crippen molar-refractivity contribution in [2.75, 3.05) is 24.5 Å². The molecular formula is C21H28B3N3O4S. The molecule has 2 aliphatic rings. The highest BCUT2D eigenvalue weighted by molar-refractivity contribution is 7.10. The average molecular weight is 451 g/mol. The molecule has 2 aromatic rings. The van der Waals surface area contributed by atoms with Gasteiger partial charge in [0.05, 0.1) is 11.7 Å². The van der Waals surface area contributed by atoms with Gasteiger partial charge in [0.25, 0.3) is 0 Å². The molecule has 1 atom stereocenters. The second-order valence-corrected chi connectivity index (χ2v) is 10.5. The third-order valence-corrected chi connectivity index (χ3v) is 7.20. The van der Waals surface area contributed by atoms with Crippen LogP contribution in [0, 0.1) is 12.8 Å². The van der Waals surface area contributed by atoms with Crippen molar-refractivity contribution in [1.82, 2.24) is 9.27 Å². The number of rotatable bonds is 6. The van der Waals surface area contributed by atoms with Crippen molar-refractivity contribution in [2.24, 2.45) is 5.92 Å². The number of ether oxygens (including phenoxy) is 1. The topological polar surface area (TPSA) is 83.0 Å². The number of carbonyl (C=O) groups excluding carboxylic acids is 2. The van der Waals surface area contributed by atoms with E-state index in [0.717, 1.165) is 47.6 Å². The molecule has 0 radical (unpaired) electrons. The highest BCUT2D eigenvalue weighted by Crippen LogP contribution is 2.31. The summed E-state index contributed by atoms with van der Waals surface area (Å²) in [7, 11) is 6.15. The van der Waals surface area contributed by atoms with Crippen LogP contribution in [-0.2, 0) is 16.1 Å². The van der Waals surface area contributed by atoms with Gasteiger partial charge in [-0.05, 0) is 72.9 Å². The van der Waals surface area contributed by atoms with Crippen molar-refractivity contribution in [3.05, 3.63) is 46.6 Å². The fourth-order valence-corrected chi connectivity index (χ4v) is 5.51. The zero-order valence-corrected chi connectivity index (χ0v) is 19.9. The number of aliphatic hydroxyl groups excluding tert-OH is 1. The van der Waals surface area contributed by atoms with Gasteiger partial charge in [-0.1, -0.05) is 6.07 Å². The fraction of sp³-hybridized carbons (Fsp3) is 0.476. The normalized spacial score (nSPS) is 18.2. The van der Waals surface area contributed by atoms with Crippen LogP contribution in [0.3, 0.4) is 0 Å². The van der Waals surface area contributed by atoms with Crippen molar-refractivity contribution < 1.29 is 19.4 Å². The highest BCUT2D eigenvalue weighted by Gasteiger charge is 2.36. The molecule has 0 aliphatic carbocycles. The van der Waals surface area contributed by atoms with Gasteiger partial charge in [-0.15, -0.1) is 0 Å². The molecule has 0 spiro atoms. The molecule has 32 heavy (non-hydrogen) atoms. The van der Waals surface area contributed by atoms with E-state index in [-0.39, 0.29) is 29.6 Å². The quantitative estimate of drug-likeness (QED) is 0.468. The minimum Gasteiger partial charge on any atom is -0.457 e. The number of likely N-dealkylation sites (tertiary alicyclic amines) is 1. The lowest BCUT2D eigenvalue weighted by molar-refractivity contribution is -0.124. The zero-order chi connectivity index (χ0) is 23.0. The second-order valence-electron chi connectivity index (χ2n) is 9.67. The van der Waals surface area contributed by atoms with Crippen LogP contribution in [0.25, 0.3) is 0 Å². The molecule has 0 bridgehead atoms. The van der Waals surface area contributed by atoms with Gasteiger partial charge in [-0.2, -0.15) is 4.37 Å². The van der Waals surface area contributed by atoms with Gasteiger partial charge < -0.3 is 19.6 Å². The van der Waals surface area contributed by atoms with Gasteiger partial charge in [-0.3, -0.25) is 4.79 Å². The third-order valence-electron chi connectivity index (χ3n) is 6.47. The SMILES string of the molecule is BC(B)(B)N(C(=O)C1CCN(C[C@H](O)c2ccc3c(c2C)COC3=O)CC1)c1ccns1. The average Bonchev–Trinajstić information content (AvgIpc) is 3.38. The maximum absolute atomic E-state index is 13.4. The first-order chi connectivity index (χ1) is 15.2. The van der Waals surface area contributed by atoms with Gasteiger partial charge >= 0.3 is 5.97 Å². The summed E-state index contributed by atoms with van der Waals surface area (Å²) in [4.78, 5) is 29.2. The number of piperidine rings is 1. The minimum absolute atomic E-state index is 0.0328. The molecule has 3 heterocycles. The monoisotopic (exact) mass is 451 g/mol. The van der Waals surface area contributed by atoms with Gasteiger partial charge in [0.2, 0.25) is 5.91 Å². The second kappa shape index (κ2) is 9.04. The third kappa shape index (κ3) is 4.51. The Hall–Kier alpha value is -2.10. The first-order valence-corrected chi connectivity index (χ1v) is 11.9. The molecule has 1 aromatic carbocycles. The number of carbonyl (C=O) groups is 2. The maximum Gasteiger partial charge on any atom is 0.338 e. The number of nitrogens with zero attached hydrogens (tertiary/aromatic N) is 3. The van der Waals surface area contributed by atoms with Gasteiger partial charge in [0.15, 0.2) is 0 Å². The fourth-order valence-electron chi connectivity index (χ4n) is 4.71. The number of hydrogen-bond acceptors (Lipinski definition) is 7. The Morgan fingerprint density at radius 3 is 2.69 bits per heavy atom. The molecule has 2 aliphatic heterocycles. The summed E-state index contributed by atoms with van der Waals surface area (Å²) in [5.41, 5.74) is 3.24. The first kappa shape index (κ1) is 23.1. The Labute approximate surface area is 195 Å². The van der Waals surface area contributed by atoms with Crippen LogP contribution in [0.4, 0.5) is 5.00 Å². The molecule has 0 unspecified atom stereocenters. The number of aromatic nitrogens is 1. The maximum atomic E-state index is 13.4. The minimum atomic E-state index is -0.647. The molecule has 1 fully saturated rings. The van der Waals surface area contributed by atoms with E-state index in [1.807, 2.05) is 47.5 Å². The van der Waals surface area contributed by atoms with Gasteiger partial charge in [0, 0.05) is 24.2 Å². The Morgan fingerprint density at radius 1 is 1.34 bits per heavy atom. The van der Waals surface area contributed by atoms with Crippen molar-refractivity contribution in [3.63, 3.8) is 0 Å². The van der Waals surface area contributed by atoms with Crippen LogP contribution in [0.2, 0.25) is 0 Å². The lowest BCUT2D eigenvalue weighted by atomic mass is 9.48. The standard InChI is InChI=1S/C21H28B3N3O4S/c1-12-14(2-3-15-16(12)11-31-20(15)30)17(28)10-26-8-5-13(6-9-26)19(29)27(21(22,23)24)18-4-7-25-32-18/h2-4,7,13,17,28H,5-6,8-11,22-24H2,1H3/t17-/m0/s1. The first-order valence-electron chi connectivity index (χ1n) is 11.1. The van der Waals surface area contributed by atoms with Gasteiger partial charge in [0.1, 0.15) is 35.1 Å². The van der Waals surface area contributed by atoms with Crippen LogP contribution in [0.15, 0.2) is 24.4 Å². The van der Waals surface area contributed by atoms with Crippen LogP contribution >= 0.6 is 11.5 Å². The molecule has 1 aromatic heterocycles. The number of benzene rings is 1. The van der Waals surface area contributed by atoms with Crippen molar-refractivity contribution >= 4 is 51.9 Å². The molecule has 7 nitrogen and oxygen atoms in total. The Morgan fingerprint density at radius 2 is 2.06 bits per heavy atom. The highest BCUT2D eigenvalue weighted by atomic mass is 32.1. The van der Waals surface area contributed by atoms with Crippen LogP contribution < -0.4 is 4.90 Å². The summed E-state index contributed by atoms with van der Waals surface area (Å²) < 4.78 is 9.30. The van der Waals surface area contributed by atoms with Gasteiger partial charge in [-0.25, -0.2) is 4.79 Å². The van der Waals surface area contributed by atoms with Crippen molar-refractivity contribution in [3.8, 4) is 0 Å². The molecule has 11 heteroatoms. The molecule has 166 valence electrons. The molecule has 1 N–H and O–H groups in total. The number of cyclic esters (lactones) is 1. The number of esters is 1. The van der Waals surface area contributed by atoms with Crippen LogP contribution in [-0.4, -0.2) is 74.7 Å². The number of β-amino-alcohol motifs (C(OH)–C–C–N with tert-alkyl or cyclic N) is 1. The van der Waals surface area contributed by atoms with E-state index in [0.29, 0.717) is 12.1 Å². The summed E-state index contributed by atoms with van der Waals surface area (Å²) >= 11 is 1.35. The summed E-state index contributed by atoms with van der Waals surface area (Å²) in [6.07, 6.45) is 2.62. The number of anilines is 1. The van der Waals surface area contributed by atoms with Crippen molar-refractivity contribution in [2.45, 2.75) is 37.7 Å². The molecule has 1 saturated heterocycles. The van der Waals surface area contributed by atoms with Crippen LogP contribution in [0.5, 0.6) is 0 Å². The molecule has 1 amide bonds. The summed E-state index contributed by atoms with van der Waals surface area (Å²) in [6.45, 7) is 4.25. The number of aliphatic hydroxyl groups is 1. The molecular weight excluding hydrogens is 423 g/mol. The molecule has 0 saturated carbocycles. The van der Waals surface area contributed by atoms with E-state index in [1.165, 1.54) is 11.5 Å². The lowest BCUT2D eigenvalue weighted by Gasteiger charge is -2.40. The zero-order valence-electron chi connectivity index (χ0n) is 19.1. The lowest BCUT2D eigenvalue weighted by Crippen LogP contribution is -2.56. The smallest absolute Gasteiger partial charge is 0.338 e. The van der Waals surface area contributed by atoms with E-state index >= 15 is 0 Å². The molecule has 4 rings (SSSR count). The predicted octanol–water partition coefficient (Wildman–Crippen LogP) is -0.589. The van der Waals surface area contributed by atoms with Crippen LogP contribution in [0.1, 0.15) is 46.0 Å². The van der Waals surface area contributed by atoms with Crippen molar-refractivity contribution in [1.29, 1.82) is 0 Å². The van der Waals surface area contributed by atoms with E-state index in [2.05, 4.69) is 9.27 Å². The Kier molecular flexibility index (Phi) is 6.52. The summed E-state index contributed by atoms with van der Waals surface area (Å²) in [6, 6.07) is 5.48. The van der Waals surface area contributed by atoms with E-state index in [1.54, 1.807) is 12.3 Å². The number of fused-ring (bicyclic) bond motifs is 1. The van der Waals surface area contributed by atoms with E-state index in [4.69, 9.17) is 4.74 Å². The summed E-state index contributed by atoms with van der Waals surface area (Å²) in [5, 5.41) is 11.5. The Balaban J connectivity index is 1.38. The summed E-state index contributed by atoms with van der Waals surface area (Å²) in [5.74, 6) is -0.172.